The molecule has 5 nitrogen and oxygen atoms in total. The Morgan fingerprint density at radius 3 is 2.54 bits per heavy atom. The maximum absolute atomic E-state index is 12.4. The van der Waals surface area contributed by atoms with Gasteiger partial charge in [0, 0.05) is 5.02 Å². The molecule has 0 spiro atoms. The van der Waals surface area contributed by atoms with E-state index in [1.165, 1.54) is 14.0 Å². The first-order valence-electron chi connectivity index (χ1n) is 8.78. The van der Waals surface area contributed by atoms with Gasteiger partial charge in [-0.05, 0) is 41.5 Å². The number of anilines is 1. The monoisotopic (exact) mass is 397 g/mol. The maximum Gasteiger partial charge on any atom is 0.311 e. The number of benzene rings is 3. The molecule has 0 heterocycles. The zero-order valence-corrected chi connectivity index (χ0v) is 16.3. The fourth-order valence-corrected chi connectivity index (χ4v) is 2.99. The van der Waals surface area contributed by atoms with Gasteiger partial charge in [-0.3, -0.25) is 9.59 Å². The second-order valence-corrected chi connectivity index (χ2v) is 6.76. The van der Waals surface area contributed by atoms with E-state index < -0.39 is 18.0 Å². The van der Waals surface area contributed by atoms with Gasteiger partial charge in [0.05, 0.1) is 19.2 Å². The highest BCUT2D eigenvalue weighted by molar-refractivity contribution is 6.31. The van der Waals surface area contributed by atoms with E-state index in [0.29, 0.717) is 16.5 Å². The molecular formula is C22H20ClNO4. The van der Waals surface area contributed by atoms with Crippen molar-refractivity contribution >= 4 is 39.9 Å². The lowest BCUT2D eigenvalue weighted by Crippen LogP contribution is -2.30. The Morgan fingerprint density at radius 2 is 1.79 bits per heavy atom. The predicted molar refractivity (Wildman–Crippen MR) is 110 cm³/mol. The van der Waals surface area contributed by atoms with Crippen LogP contribution in [-0.4, -0.2) is 25.1 Å². The molecule has 144 valence electrons. The molecule has 3 aromatic carbocycles. The number of fused-ring (bicyclic) bond motifs is 1. The SMILES string of the molecule is COc1ccc(Cl)cc1NC(=O)[C@H](C)OC(=O)Cc1ccc2ccccc2c1. The quantitative estimate of drug-likeness (QED) is 0.616. The first-order chi connectivity index (χ1) is 13.5. The predicted octanol–water partition coefficient (Wildman–Crippen LogP) is 4.61. The van der Waals surface area contributed by atoms with Crippen molar-refractivity contribution in [1.29, 1.82) is 0 Å². The van der Waals surface area contributed by atoms with Crippen molar-refractivity contribution in [2.45, 2.75) is 19.4 Å². The summed E-state index contributed by atoms with van der Waals surface area (Å²) >= 11 is 5.96. The highest BCUT2D eigenvalue weighted by Gasteiger charge is 2.19. The molecule has 0 fully saturated rings. The second kappa shape index (κ2) is 8.76. The molecule has 0 aromatic heterocycles. The van der Waals surface area contributed by atoms with Crippen LogP contribution in [0, 0.1) is 0 Å². The number of carbonyl (C=O) groups is 2. The molecular weight excluding hydrogens is 378 g/mol. The van der Waals surface area contributed by atoms with Gasteiger partial charge < -0.3 is 14.8 Å². The molecule has 0 aliphatic heterocycles. The fourth-order valence-electron chi connectivity index (χ4n) is 2.82. The molecule has 0 saturated heterocycles. The number of esters is 1. The van der Waals surface area contributed by atoms with E-state index in [0.717, 1.165) is 16.3 Å². The molecule has 0 bridgehead atoms. The number of hydrogen-bond donors (Lipinski definition) is 1. The summed E-state index contributed by atoms with van der Waals surface area (Å²) in [6.45, 7) is 1.52. The van der Waals surface area contributed by atoms with Crippen molar-refractivity contribution in [2.75, 3.05) is 12.4 Å². The number of hydrogen-bond acceptors (Lipinski definition) is 4. The Balaban J connectivity index is 1.61. The van der Waals surface area contributed by atoms with Crippen LogP contribution >= 0.6 is 11.6 Å². The molecule has 1 N–H and O–H groups in total. The summed E-state index contributed by atoms with van der Waals surface area (Å²) in [7, 11) is 1.49. The number of nitrogens with one attached hydrogen (secondary N) is 1. The summed E-state index contributed by atoms with van der Waals surface area (Å²) in [6.07, 6.45) is -0.875. The van der Waals surface area contributed by atoms with Crippen molar-refractivity contribution in [3.8, 4) is 5.75 Å². The molecule has 0 radical (unpaired) electrons. The number of amides is 1. The van der Waals surface area contributed by atoms with E-state index in [4.69, 9.17) is 21.1 Å². The summed E-state index contributed by atoms with van der Waals surface area (Å²) in [5.74, 6) is -0.476. The number of methoxy groups -OCH3 is 1. The topological polar surface area (TPSA) is 64.6 Å². The fraction of sp³-hybridized carbons (Fsp3) is 0.182. The van der Waals surface area contributed by atoms with Crippen LogP contribution in [0.5, 0.6) is 5.75 Å². The third kappa shape index (κ3) is 4.81. The van der Waals surface area contributed by atoms with Crippen molar-refractivity contribution in [3.05, 3.63) is 71.2 Å². The van der Waals surface area contributed by atoms with Crippen molar-refractivity contribution in [3.63, 3.8) is 0 Å². The molecule has 1 atom stereocenters. The minimum atomic E-state index is -0.961. The first-order valence-corrected chi connectivity index (χ1v) is 9.15. The van der Waals surface area contributed by atoms with Gasteiger partial charge in [-0.1, -0.05) is 54.1 Å². The Hall–Kier alpha value is -3.05. The van der Waals surface area contributed by atoms with Gasteiger partial charge in [-0.25, -0.2) is 0 Å². The summed E-state index contributed by atoms with van der Waals surface area (Å²) in [5, 5.41) is 5.27. The van der Waals surface area contributed by atoms with E-state index in [9.17, 15) is 9.59 Å². The van der Waals surface area contributed by atoms with Crippen LogP contribution in [0.3, 0.4) is 0 Å². The Labute approximate surface area is 168 Å². The van der Waals surface area contributed by atoms with Gasteiger partial charge in [0.1, 0.15) is 5.75 Å². The van der Waals surface area contributed by atoms with Gasteiger partial charge in [0.25, 0.3) is 5.91 Å². The number of ether oxygens (including phenoxy) is 2. The smallest absolute Gasteiger partial charge is 0.311 e. The lowest BCUT2D eigenvalue weighted by Gasteiger charge is -2.15. The maximum atomic E-state index is 12.4. The highest BCUT2D eigenvalue weighted by atomic mass is 35.5. The van der Waals surface area contributed by atoms with Gasteiger partial charge in [-0.15, -0.1) is 0 Å². The third-order valence-electron chi connectivity index (χ3n) is 4.26. The van der Waals surface area contributed by atoms with E-state index >= 15 is 0 Å². The van der Waals surface area contributed by atoms with Crippen LogP contribution < -0.4 is 10.1 Å². The van der Waals surface area contributed by atoms with Crippen LogP contribution in [0.4, 0.5) is 5.69 Å². The minimum Gasteiger partial charge on any atom is -0.495 e. The second-order valence-electron chi connectivity index (χ2n) is 6.32. The molecule has 0 saturated carbocycles. The lowest BCUT2D eigenvalue weighted by atomic mass is 10.1. The summed E-state index contributed by atoms with van der Waals surface area (Å²) in [6, 6.07) is 18.6. The third-order valence-corrected chi connectivity index (χ3v) is 4.49. The van der Waals surface area contributed by atoms with Crippen LogP contribution in [0.15, 0.2) is 60.7 Å². The van der Waals surface area contributed by atoms with Crippen molar-refractivity contribution in [1.82, 2.24) is 0 Å². The zero-order valence-electron chi connectivity index (χ0n) is 15.6. The Bertz CT molecular complexity index is 1020. The summed E-state index contributed by atoms with van der Waals surface area (Å²) in [5.41, 5.74) is 1.24. The number of halogens is 1. The molecule has 0 unspecified atom stereocenters. The average Bonchev–Trinajstić information content (AvgIpc) is 2.68. The highest BCUT2D eigenvalue weighted by Crippen LogP contribution is 2.27. The molecule has 6 heteroatoms. The normalized spacial score (nSPS) is 11.7. The first kappa shape index (κ1) is 19.7. The zero-order chi connectivity index (χ0) is 20.1. The van der Waals surface area contributed by atoms with E-state index in [2.05, 4.69) is 5.32 Å². The van der Waals surface area contributed by atoms with Gasteiger partial charge in [0.2, 0.25) is 0 Å². The standard InChI is InChI=1S/C22H20ClNO4/c1-14(22(26)24-19-13-18(23)9-10-20(19)27-2)28-21(25)12-15-7-8-16-5-3-4-6-17(16)11-15/h3-11,13-14H,12H2,1-2H3,(H,24,26)/t14-/m0/s1. The van der Waals surface area contributed by atoms with E-state index in [1.54, 1.807) is 18.2 Å². The van der Waals surface area contributed by atoms with Crippen LogP contribution in [0.1, 0.15) is 12.5 Å². The van der Waals surface area contributed by atoms with E-state index in [1.807, 2.05) is 42.5 Å². The van der Waals surface area contributed by atoms with Crippen molar-refractivity contribution in [2.24, 2.45) is 0 Å². The number of rotatable bonds is 6. The molecule has 3 aromatic rings. The Kier molecular flexibility index (Phi) is 6.16. The van der Waals surface area contributed by atoms with Gasteiger partial charge in [-0.2, -0.15) is 0 Å². The van der Waals surface area contributed by atoms with Gasteiger partial charge in [0.15, 0.2) is 6.10 Å². The average molecular weight is 398 g/mol. The van der Waals surface area contributed by atoms with Crippen LogP contribution in [0.25, 0.3) is 10.8 Å². The molecule has 0 aliphatic rings. The van der Waals surface area contributed by atoms with Gasteiger partial charge >= 0.3 is 5.97 Å². The summed E-state index contributed by atoms with van der Waals surface area (Å²) in [4.78, 5) is 24.6. The summed E-state index contributed by atoms with van der Waals surface area (Å²) < 4.78 is 10.5. The Morgan fingerprint density at radius 1 is 1.04 bits per heavy atom. The minimum absolute atomic E-state index is 0.0863. The van der Waals surface area contributed by atoms with E-state index in [-0.39, 0.29) is 6.42 Å². The van der Waals surface area contributed by atoms with Crippen LogP contribution in [0.2, 0.25) is 5.02 Å². The van der Waals surface area contributed by atoms with Crippen molar-refractivity contribution < 1.29 is 19.1 Å². The molecule has 0 aliphatic carbocycles. The molecule has 1 amide bonds. The molecule has 3 rings (SSSR count). The number of carbonyl (C=O) groups excluding carboxylic acids is 2. The lowest BCUT2D eigenvalue weighted by molar-refractivity contribution is -0.152. The largest absolute Gasteiger partial charge is 0.495 e. The molecule has 28 heavy (non-hydrogen) atoms. The van der Waals surface area contributed by atoms with Crippen LogP contribution in [-0.2, 0) is 20.7 Å².